The summed E-state index contributed by atoms with van der Waals surface area (Å²) in [5.41, 5.74) is 1.64. The van der Waals surface area contributed by atoms with Gasteiger partial charge in [-0.05, 0) is 61.9 Å². The third-order valence-corrected chi connectivity index (χ3v) is 6.65. The summed E-state index contributed by atoms with van der Waals surface area (Å²) in [5, 5.41) is 0. The van der Waals surface area contributed by atoms with Crippen LogP contribution in [0.25, 0.3) is 0 Å². The molecule has 7 nitrogen and oxygen atoms in total. The molecule has 1 aliphatic heterocycles. The van der Waals surface area contributed by atoms with Crippen LogP contribution in [0.3, 0.4) is 0 Å². The topological polar surface area (TPSA) is 68.3 Å². The Labute approximate surface area is 201 Å². The van der Waals surface area contributed by atoms with Crippen molar-refractivity contribution >= 4 is 11.8 Å². The van der Waals surface area contributed by atoms with E-state index in [4.69, 9.17) is 14.2 Å². The molecule has 2 aliphatic rings. The molecule has 2 amide bonds. The lowest BCUT2D eigenvalue weighted by atomic mass is 10.1. The molecule has 0 radical (unpaired) electrons. The Morgan fingerprint density at radius 1 is 0.853 bits per heavy atom. The highest BCUT2D eigenvalue weighted by Crippen LogP contribution is 2.26. The summed E-state index contributed by atoms with van der Waals surface area (Å²) in [7, 11) is 3.12. The molecule has 1 saturated carbocycles. The molecule has 2 fully saturated rings. The van der Waals surface area contributed by atoms with E-state index in [0.717, 1.165) is 24.2 Å². The van der Waals surface area contributed by atoms with Crippen LogP contribution in [0.5, 0.6) is 17.2 Å². The summed E-state index contributed by atoms with van der Waals surface area (Å²) in [5.74, 6) is 2.10. The Morgan fingerprint density at radius 3 is 2.15 bits per heavy atom. The maximum atomic E-state index is 13.0. The minimum Gasteiger partial charge on any atom is -0.497 e. The van der Waals surface area contributed by atoms with Gasteiger partial charge in [0.1, 0.15) is 17.2 Å². The van der Waals surface area contributed by atoms with Gasteiger partial charge < -0.3 is 24.0 Å². The van der Waals surface area contributed by atoms with Crippen molar-refractivity contribution in [3.05, 3.63) is 53.6 Å². The van der Waals surface area contributed by atoms with Crippen LogP contribution in [0.15, 0.2) is 42.5 Å². The van der Waals surface area contributed by atoms with Crippen LogP contribution in [0.2, 0.25) is 0 Å². The Bertz CT molecular complexity index is 972. The lowest BCUT2D eigenvalue weighted by Gasteiger charge is -2.35. The summed E-state index contributed by atoms with van der Waals surface area (Å²) in [6.45, 7) is 2.09. The van der Waals surface area contributed by atoms with Gasteiger partial charge in [-0.15, -0.1) is 0 Å². The fraction of sp³-hybridized carbons (Fsp3) is 0.481. The Hall–Kier alpha value is -3.22. The number of hydrogen-bond donors (Lipinski definition) is 0. The van der Waals surface area contributed by atoms with E-state index in [2.05, 4.69) is 6.07 Å². The van der Waals surface area contributed by atoms with E-state index < -0.39 is 0 Å². The Morgan fingerprint density at radius 2 is 1.50 bits per heavy atom. The van der Waals surface area contributed by atoms with Crippen LogP contribution < -0.4 is 14.2 Å². The van der Waals surface area contributed by atoms with Crippen molar-refractivity contribution in [3.63, 3.8) is 0 Å². The maximum absolute atomic E-state index is 13.0. The zero-order chi connectivity index (χ0) is 23.9. The van der Waals surface area contributed by atoms with Crippen molar-refractivity contribution in [1.82, 2.24) is 9.80 Å². The number of rotatable bonds is 8. The molecule has 182 valence electrons. The third-order valence-electron chi connectivity index (χ3n) is 6.65. The smallest absolute Gasteiger partial charge is 0.254 e. The van der Waals surface area contributed by atoms with Crippen LogP contribution in [-0.2, 0) is 11.2 Å². The van der Waals surface area contributed by atoms with Crippen LogP contribution in [0.1, 0.15) is 48.0 Å². The highest BCUT2D eigenvalue weighted by atomic mass is 16.5. The van der Waals surface area contributed by atoms with Crippen LogP contribution in [0, 0.1) is 0 Å². The highest BCUT2D eigenvalue weighted by Gasteiger charge is 2.25. The number of benzene rings is 2. The van der Waals surface area contributed by atoms with Gasteiger partial charge in [-0.25, -0.2) is 0 Å². The predicted octanol–water partition coefficient (Wildman–Crippen LogP) is 3.94. The van der Waals surface area contributed by atoms with Gasteiger partial charge >= 0.3 is 0 Å². The Balaban J connectivity index is 1.26. The van der Waals surface area contributed by atoms with E-state index in [1.807, 2.05) is 23.1 Å². The summed E-state index contributed by atoms with van der Waals surface area (Å²) in [6.07, 6.45) is 6.20. The first-order valence-electron chi connectivity index (χ1n) is 12.1. The largest absolute Gasteiger partial charge is 0.497 e. The zero-order valence-electron chi connectivity index (χ0n) is 20.1. The number of carbonyl (C=O) groups excluding carboxylic acids is 2. The fourth-order valence-electron chi connectivity index (χ4n) is 4.65. The first-order chi connectivity index (χ1) is 16.6. The van der Waals surface area contributed by atoms with E-state index in [0.29, 0.717) is 62.2 Å². The first-order valence-corrected chi connectivity index (χ1v) is 12.1. The molecule has 1 heterocycles. The normalized spacial score (nSPS) is 16.4. The molecule has 2 aromatic rings. The predicted molar refractivity (Wildman–Crippen MR) is 130 cm³/mol. The maximum Gasteiger partial charge on any atom is 0.254 e. The van der Waals surface area contributed by atoms with Crippen LogP contribution in [0.4, 0.5) is 0 Å². The van der Waals surface area contributed by atoms with Crippen LogP contribution in [-0.4, -0.2) is 68.1 Å². The van der Waals surface area contributed by atoms with Crippen molar-refractivity contribution in [2.24, 2.45) is 0 Å². The number of ether oxygens (including phenoxy) is 3. The highest BCUT2D eigenvalue weighted by molar-refractivity contribution is 5.95. The second-order valence-corrected chi connectivity index (χ2v) is 8.95. The lowest BCUT2D eigenvalue weighted by molar-refractivity contribution is -0.132. The van der Waals surface area contributed by atoms with Gasteiger partial charge in [0.2, 0.25) is 5.91 Å². The van der Waals surface area contributed by atoms with Crippen LogP contribution >= 0.6 is 0 Å². The SMILES string of the molecule is COc1cc(OC)cc(C(=O)N2CCN(C(=O)CCc3cccc(OC4CCCC4)c3)CC2)c1. The molecule has 1 saturated heterocycles. The average Bonchev–Trinajstić information content (AvgIpc) is 3.39. The van der Waals surface area contributed by atoms with Crippen molar-refractivity contribution in [2.45, 2.75) is 44.6 Å². The molecular weight excluding hydrogens is 432 g/mol. The van der Waals surface area contributed by atoms with E-state index in [1.165, 1.54) is 12.8 Å². The van der Waals surface area contributed by atoms with Gasteiger partial charge in [0.25, 0.3) is 5.91 Å². The number of carbonyl (C=O) groups is 2. The zero-order valence-corrected chi connectivity index (χ0v) is 20.1. The van der Waals surface area contributed by atoms with E-state index >= 15 is 0 Å². The molecule has 7 heteroatoms. The molecule has 0 atom stereocenters. The van der Waals surface area contributed by atoms with Crippen molar-refractivity contribution in [2.75, 3.05) is 40.4 Å². The molecule has 0 unspecified atom stereocenters. The molecule has 0 bridgehead atoms. The molecule has 34 heavy (non-hydrogen) atoms. The van der Waals surface area contributed by atoms with Gasteiger partial charge in [-0.1, -0.05) is 12.1 Å². The lowest BCUT2D eigenvalue weighted by Crippen LogP contribution is -2.50. The molecule has 0 spiro atoms. The van der Waals surface area contributed by atoms with Gasteiger partial charge in [0.15, 0.2) is 0 Å². The molecule has 4 rings (SSSR count). The van der Waals surface area contributed by atoms with Gasteiger partial charge in [0.05, 0.1) is 20.3 Å². The number of aryl methyl sites for hydroxylation is 1. The number of methoxy groups -OCH3 is 2. The van der Waals surface area contributed by atoms with Gasteiger partial charge in [-0.2, -0.15) is 0 Å². The summed E-state index contributed by atoms with van der Waals surface area (Å²) in [4.78, 5) is 29.4. The summed E-state index contributed by atoms with van der Waals surface area (Å²) in [6, 6.07) is 13.3. The van der Waals surface area contributed by atoms with Gasteiger partial charge in [0, 0.05) is 44.2 Å². The molecule has 2 aromatic carbocycles. The fourth-order valence-corrected chi connectivity index (χ4v) is 4.65. The average molecular weight is 467 g/mol. The standard InChI is InChI=1S/C27H34N2O5/c1-32-24-17-21(18-25(19-24)33-2)27(31)29-14-12-28(13-15-29)26(30)11-10-20-6-5-9-23(16-20)34-22-7-3-4-8-22/h5-6,9,16-19,22H,3-4,7-8,10-15H2,1-2H3. The summed E-state index contributed by atoms with van der Waals surface area (Å²) < 4.78 is 16.6. The number of hydrogen-bond acceptors (Lipinski definition) is 5. The molecule has 0 N–H and O–H groups in total. The number of amides is 2. The number of nitrogens with zero attached hydrogens (tertiary/aromatic N) is 2. The second kappa shape index (κ2) is 11.3. The third kappa shape index (κ3) is 6.01. The molecular formula is C27H34N2O5. The van der Waals surface area contributed by atoms with Crippen molar-refractivity contribution in [3.8, 4) is 17.2 Å². The molecule has 1 aliphatic carbocycles. The monoisotopic (exact) mass is 466 g/mol. The minimum absolute atomic E-state index is 0.0802. The second-order valence-electron chi connectivity index (χ2n) is 8.95. The minimum atomic E-state index is -0.0802. The quantitative estimate of drug-likeness (QED) is 0.590. The molecule has 0 aromatic heterocycles. The Kier molecular flexibility index (Phi) is 7.93. The number of piperazine rings is 1. The van der Waals surface area contributed by atoms with E-state index in [-0.39, 0.29) is 11.8 Å². The summed E-state index contributed by atoms with van der Waals surface area (Å²) >= 11 is 0. The van der Waals surface area contributed by atoms with E-state index in [1.54, 1.807) is 37.3 Å². The van der Waals surface area contributed by atoms with Gasteiger partial charge in [-0.3, -0.25) is 9.59 Å². The van der Waals surface area contributed by atoms with Crippen molar-refractivity contribution < 1.29 is 23.8 Å². The van der Waals surface area contributed by atoms with E-state index in [9.17, 15) is 9.59 Å². The van der Waals surface area contributed by atoms with Crippen molar-refractivity contribution in [1.29, 1.82) is 0 Å². The first kappa shape index (κ1) is 23.9.